The van der Waals surface area contributed by atoms with E-state index < -0.39 is 6.10 Å². The van der Waals surface area contributed by atoms with Gasteiger partial charge >= 0.3 is 0 Å². The van der Waals surface area contributed by atoms with Gasteiger partial charge in [0.15, 0.2) is 0 Å². The second-order valence-corrected chi connectivity index (χ2v) is 5.66. The molecule has 2 aromatic carbocycles. The van der Waals surface area contributed by atoms with Crippen LogP contribution in [-0.2, 0) is 13.5 Å². The van der Waals surface area contributed by atoms with Crippen molar-refractivity contribution in [2.24, 2.45) is 7.05 Å². The maximum Gasteiger partial charge on any atom is 0.112 e. The molecule has 1 unspecified atom stereocenters. The number of aromatic nitrogens is 2. The van der Waals surface area contributed by atoms with E-state index in [9.17, 15) is 5.11 Å². The molecule has 0 saturated carbocycles. The van der Waals surface area contributed by atoms with Crippen molar-refractivity contribution < 1.29 is 5.11 Å². The highest BCUT2D eigenvalue weighted by Crippen LogP contribution is 2.27. The van der Waals surface area contributed by atoms with E-state index in [1.807, 2.05) is 61.0 Å². The second-order valence-electron chi connectivity index (χ2n) is 5.25. The third kappa shape index (κ3) is 2.55. The van der Waals surface area contributed by atoms with Gasteiger partial charge < -0.3 is 9.67 Å². The van der Waals surface area contributed by atoms with Gasteiger partial charge in [0.25, 0.3) is 0 Å². The van der Waals surface area contributed by atoms with Gasteiger partial charge in [0.2, 0.25) is 0 Å². The topological polar surface area (TPSA) is 38.1 Å². The average molecular weight is 301 g/mol. The molecule has 0 fully saturated rings. The number of imidazole rings is 1. The number of rotatable bonds is 3. The van der Waals surface area contributed by atoms with E-state index in [0.717, 1.165) is 28.0 Å². The fraction of sp³-hybridized carbons (Fsp3) is 0.235. The Kier molecular flexibility index (Phi) is 3.70. The summed E-state index contributed by atoms with van der Waals surface area (Å²) in [7, 11) is 1.97. The molecule has 0 bridgehead atoms. The highest BCUT2D eigenvalue weighted by atomic mass is 35.5. The molecule has 0 aliphatic carbocycles. The minimum atomic E-state index is -0.612. The van der Waals surface area contributed by atoms with Crippen molar-refractivity contribution in [2.45, 2.75) is 19.4 Å². The summed E-state index contributed by atoms with van der Waals surface area (Å²) in [6, 6.07) is 13.6. The molecule has 0 aliphatic rings. The molecule has 3 nitrogen and oxygen atoms in total. The molecular weight excluding hydrogens is 284 g/mol. The lowest BCUT2D eigenvalue weighted by Crippen LogP contribution is -2.08. The number of aliphatic hydroxyl groups is 1. The Morgan fingerprint density at radius 2 is 1.95 bits per heavy atom. The predicted octanol–water partition coefficient (Wildman–Crippen LogP) is 3.81. The Morgan fingerprint density at radius 3 is 2.71 bits per heavy atom. The third-order valence-electron chi connectivity index (χ3n) is 3.92. The smallest absolute Gasteiger partial charge is 0.112 e. The van der Waals surface area contributed by atoms with Crippen LogP contribution in [0, 0.1) is 6.92 Å². The Balaban J connectivity index is 1.94. The zero-order valence-corrected chi connectivity index (χ0v) is 12.8. The average Bonchev–Trinajstić information content (AvgIpc) is 2.79. The highest BCUT2D eigenvalue weighted by Gasteiger charge is 2.16. The number of aliphatic hydroxyl groups excluding tert-OH is 1. The first-order chi connectivity index (χ1) is 10.1. The molecule has 108 valence electrons. The molecule has 0 radical (unpaired) electrons. The fourth-order valence-electron chi connectivity index (χ4n) is 2.65. The molecule has 21 heavy (non-hydrogen) atoms. The van der Waals surface area contributed by atoms with Crippen LogP contribution < -0.4 is 0 Å². The molecule has 4 heteroatoms. The summed E-state index contributed by atoms with van der Waals surface area (Å²) in [6.45, 7) is 1.93. The summed E-state index contributed by atoms with van der Waals surface area (Å²) in [5.74, 6) is 0.864. The van der Waals surface area contributed by atoms with E-state index in [4.69, 9.17) is 11.6 Å². The number of aryl methyl sites for hydroxylation is 1. The maximum absolute atomic E-state index is 10.5. The molecule has 3 rings (SSSR count). The van der Waals surface area contributed by atoms with Crippen LogP contribution in [0.5, 0.6) is 0 Å². The van der Waals surface area contributed by atoms with Crippen LogP contribution in [0.2, 0.25) is 5.02 Å². The SMILES string of the molecule is Cc1c(Cl)cccc1C(O)Cc1nc2ccccc2n1C. The van der Waals surface area contributed by atoms with Crippen molar-refractivity contribution in [2.75, 3.05) is 0 Å². The number of hydrogen-bond donors (Lipinski definition) is 1. The summed E-state index contributed by atoms with van der Waals surface area (Å²) in [5.41, 5.74) is 3.80. The molecule has 1 heterocycles. The van der Waals surface area contributed by atoms with Crippen LogP contribution in [-0.4, -0.2) is 14.7 Å². The maximum atomic E-state index is 10.5. The quantitative estimate of drug-likeness (QED) is 0.798. The van der Waals surface area contributed by atoms with Gasteiger partial charge in [0.1, 0.15) is 5.82 Å². The lowest BCUT2D eigenvalue weighted by Gasteiger charge is -2.14. The summed E-state index contributed by atoms with van der Waals surface area (Å²) in [5, 5.41) is 11.2. The van der Waals surface area contributed by atoms with Crippen LogP contribution in [0.1, 0.15) is 23.1 Å². The van der Waals surface area contributed by atoms with Gasteiger partial charge in [0.05, 0.1) is 17.1 Å². The van der Waals surface area contributed by atoms with Crippen molar-refractivity contribution in [1.29, 1.82) is 0 Å². The fourth-order valence-corrected chi connectivity index (χ4v) is 2.83. The van der Waals surface area contributed by atoms with E-state index in [2.05, 4.69) is 4.98 Å². The highest BCUT2D eigenvalue weighted by molar-refractivity contribution is 6.31. The first-order valence-electron chi connectivity index (χ1n) is 6.91. The van der Waals surface area contributed by atoms with Gasteiger partial charge in [-0.05, 0) is 36.2 Å². The molecule has 1 atom stereocenters. The van der Waals surface area contributed by atoms with Crippen LogP contribution >= 0.6 is 11.6 Å². The monoisotopic (exact) mass is 300 g/mol. The molecule has 0 spiro atoms. The number of benzene rings is 2. The number of para-hydroxylation sites is 2. The molecular formula is C17H17ClN2O. The molecule has 1 aromatic heterocycles. The number of halogens is 1. The van der Waals surface area contributed by atoms with Gasteiger partial charge in [-0.15, -0.1) is 0 Å². The first-order valence-corrected chi connectivity index (χ1v) is 7.29. The Hall–Kier alpha value is -1.84. The van der Waals surface area contributed by atoms with Crippen LogP contribution in [0.25, 0.3) is 11.0 Å². The number of nitrogens with zero attached hydrogens (tertiary/aromatic N) is 2. The zero-order chi connectivity index (χ0) is 15.0. The predicted molar refractivity (Wildman–Crippen MR) is 85.6 cm³/mol. The van der Waals surface area contributed by atoms with Gasteiger partial charge in [-0.1, -0.05) is 35.9 Å². The van der Waals surface area contributed by atoms with E-state index in [0.29, 0.717) is 11.4 Å². The Bertz CT molecular complexity index is 795. The largest absolute Gasteiger partial charge is 0.388 e. The van der Waals surface area contributed by atoms with Crippen molar-refractivity contribution in [3.05, 3.63) is 64.4 Å². The number of hydrogen-bond acceptors (Lipinski definition) is 2. The summed E-state index contributed by atoms with van der Waals surface area (Å²) in [6.07, 6.45) is -0.147. The van der Waals surface area contributed by atoms with Crippen LogP contribution in [0.3, 0.4) is 0 Å². The summed E-state index contributed by atoms with van der Waals surface area (Å²) < 4.78 is 2.03. The zero-order valence-electron chi connectivity index (χ0n) is 12.0. The molecule has 0 saturated heterocycles. The van der Waals surface area contributed by atoms with Crippen molar-refractivity contribution >= 4 is 22.6 Å². The van der Waals surface area contributed by atoms with Gasteiger partial charge in [-0.3, -0.25) is 0 Å². The van der Waals surface area contributed by atoms with E-state index in [1.54, 1.807) is 0 Å². The Labute approximate surface area is 128 Å². The van der Waals surface area contributed by atoms with Crippen molar-refractivity contribution in [3.8, 4) is 0 Å². The van der Waals surface area contributed by atoms with Crippen LogP contribution in [0.15, 0.2) is 42.5 Å². The number of fused-ring (bicyclic) bond motifs is 1. The van der Waals surface area contributed by atoms with Gasteiger partial charge in [0, 0.05) is 18.5 Å². The third-order valence-corrected chi connectivity index (χ3v) is 4.33. The lowest BCUT2D eigenvalue weighted by molar-refractivity contribution is 0.174. The molecule has 0 amide bonds. The molecule has 1 N–H and O–H groups in total. The lowest BCUT2D eigenvalue weighted by atomic mass is 10.0. The molecule has 3 aromatic rings. The van der Waals surface area contributed by atoms with Crippen LogP contribution in [0.4, 0.5) is 0 Å². The second kappa shape index (κ2) is 5.51. The van der Waals surface area contributed by atoms with Crippen molar-refractivity contribution in [3.63, 3.8) is 0 Å². The van der Waals surface area contributed by atoms with Gasteiger partial charge in [-0.25, -0.2) is 4.98 Å². The van der Waals surface area contributed by atoms with Crippen molar-refractivity contribution in [1.82, 2.24) is 9.55 Å². The first kappa shape index (κ1) is 14.1. The van der Waals surface area contributed by atoms with E-state index in [-0.39, 0.29) is 0 Å². The summed E-state index contributed by atoms with van der Waals surface area (Å²) >= 11 is 6.12. The standard InChI is InChI=1S/C17H17ClN2O/c1-11-12(6-5-7-13(11)18)16(21)10-17-19-14-8-3-4-9-15(14)20(17)2/h3-9,16,21H,10H2,1-2H3. The Morgan fingerprint density at radius 1 is 1.19 bits per heavy atom. The minimum Gasteiger partial charge on any atom is -0.388 e. The molecule has 0 aliphatic heterocycles. The van der Waals surface area contributed by atoms with E-state index in [1.165, 1.54) is 0 Å². The van der Waals surface area contributed by atoms with E-state index >= 15 is 0 Å². The van der Waals surface area contributed by atoms with Gasteiger partial charge in [-0.2, -0.15) is 0 Å². The normalized spacial score (nSPS) is 12.8. The minimum absolute atomic E-state index is 0.465. The summed E-state index contributed by atoms with van der Waals surface area (Å²) in [4.78, 5) is 4.60.